The van der Waals surface area contributed by atoms with Crippen LogP contribution in [0.3, 0.4) is 0 Å². The summed E-state index contributed by atoms with van der Waals surface area (Å²) >= 11 is 0. The molecule has 1 aromatic carbocycles. The van der Waals surface area contributed by atoms with Crippen LogP contribution in [0.4, 0.5) is 10.5 Å². The van der Waals surface area contributed by atoms with Gasteiger partial charge in [-0.25, -0.2) is 4.79 Å². The number of ether oxygens (including phenoxy) is 2. The molecule has 0 aliphatic heterocycles. The second-order valence-electron chi connectivity index (χ2n) is 5.62. The summed E-state index contributed by atoms with van der Waals surface area (Å²) < 4.78 is 10.7. The van der Waals surface area contributed by atoms with Crippen molar-refractivity contribution in [1.29, 1.82) is 5.26 Å². The van der Waals surface area contributed by atoms with Gasteiger partial charge < -0.3 is 9.47 Å². The number of nitrogens with zero attached hydrogens (tertiary/aromatic N) is 1. The number of amides is 1. The van der Waals surface area contributed by atoms with Crippen LogP contribution < -0.4 is 10.1 Å². The molecule has 5 heteroatoms. The molecular formula is C15H20N2O3. The molecule has 1 amide bonds. The molecule has 20 heavy (non-hydrogen) atoms. The van der Waals surface area contributed by atoms with Gasteiger partial charge in [0.1, 0.15) is 17.4 Å². The van der Waals surface area contributed by atoms with Gasteiger partial charge in [-0.05, 0) is 52.8 Å². The molecule has 0 radical (unpaired) electrons. The molecule has 0 fully saturated rings. The van der Waals surface area contributed by atoms with Crippen LogP contribution in [0.5, 0.6) is 5.75 Å². The topological polar surface area (TPSA) is 71.3 Å². The Kier molecular flexibility index (Phi) is 4.98. The Morgan fingerprint density at radius 2 is 2.00 bits per heavy atom. The molecule has 108 valence electrons. The zero-order valence-corrected chi connectivity index (χ0v) is 12.5. The molecule has 0 atom stereocenters. The van der Waals surface area contributed by atoms with Gasteiger partial charge >= 0.3 is 6.09 Å². The van der Waals surface area contributed by atoms with Gasteiger partial charge in [-0.3, -0.25) is 5.32 Å². The van der Waals surface area contributed by atoms with Gasteiger partial charge in [-0.1, -0.05) is 0 Å². The fourth-order valence-corrected chi connectivity index (χ4v) is 1.47. The fourth-order valence-electron chi connectivity index (χ4n) is 1.47. The van der Waals surface area contributed by atoms with Gasteiger partial charge in [0.15, 0.2) is 0 Å². The third-order valence-corrected chi connectivity index (χ3v) is 2.11. The van der Waals surface area contributed by atoms with E-state index in [1.807, 2.05) is 19.9 Å². The lowest BCUT2D eigenvalue weighted by Crippen LogP contribution is -2.27. The van der Waals surface area contributed by atoms with Gasteiger partial charge in [0.2, 0.25) is 0 Å². The largest absolute Gasteiger partial charge is 0.490 e. The average molecular weight is 276 g/mol. The van der Waals surface area contributed by atoms with E-state index in [2.05, 4.69) is 5.32 Å². The van der Waals surface area contributed by atoms with E-state index in [9.17, 15) is 4.79 Å². The van der Waals surface area contributed by atoms with E-state index in [0.29, 0.717) is 17.0 Å². The van der Waals surface area contributed by atoms with Crippen molar-refractivity contribution >= 4 is 11.8 Å². The number of nitriles is 1. The van der Waals surface area contributed by atoms with Crippen LogP contribution in [0.1, 0.15) is 40.2 Å². The molecule has 0 spiro atoms. The van der Waals surface area contributed by atoms with Crippen molar-refractivity contribution in [2.24, 2.45) is 0 Å². The summed E-state index contributed by atoms with van der Waals surface area (Å²) in [7, 11) is 0. The summed E-state index contributed by atoms with van der Waals surface area (Å²) in [5.41, 5.74) is 0.294. The quantitative estimate of drug-likeness (QED) is 0.913. The Balaban J connectivity index is 2.84. The second kappa shape index (κ2) is 6.29. The van der Waals surface area contributed by atoms with Crippen molar-refractivity contribution in [3.8, 4) is 11.8 Å². The predicted octanol–water partition coefficient (Wildman–Crippen LogP) is 3.69. The minimum Gasteiger partial charge on any atom is -0.490 e. The number of hydrogen-bond acceptors (Lipinski definition) is 4. The number of carbonyl (C=O) groups is 1. The molecule has 1 aromatic rings. The predicted molar refractivity (Wildman–Crippen MR) is 76.8 cm³/mol. The van der Waals surface area contributed by atoms with Crippen molar-refractivity contribution in [2.45, 2.75) is 46.3 Å². The van der Waals surface area contributed by atoms with Gasteiger partial charge in [-0.15, -0.1) is 0 Å². The molecule has 0 aromatic heterocycles. The van der Waals surface area contributed by atoms with Gasteiger partial charge in [0, 0.05) is 5.69 Å². The highest BCUT2D eigenvalue weighted by Gasteiger charge is 2.16. The Hall–Kier alpha value is -2.22. The maximum atomic E-state index is 11.6. The fraction of sp³-hybridized carbons (Fsp3) is 0.467. The highest BCUT2D eigenvalue weighted by molar-refractivity contribution is 5.85. The molecule has 0 bridgehead atoms. The summed E-state index contributed by atoms with van der Waals surface area (Å²) in [5.74, 6) is 0.497. The number of benzene rings is 1. The minimum atomic E-state index is -0.567. The third kappa shape index (κ3) is 5.19. The number of nitrogens with one attached hydrogen (secondary N) is 1. The van der Waals surface area contributed by atoms with E-state index < -0.39 is 11.7 Å². The minimum absolute atomic E-state index is 0.0215. The summed E-state index contributed by atoms with van der Waals surface area (Å²) in [4.78, 5) is 11.6. The van der Waals surface area contributed by atoms with Crippen molar-refractivity contribution < 1.29 is 14.3 Å². The first-order valence-corrected chi connectivity index (χ1v) is 6.42. The summed E-state index contributed by atoms with van der Waals surface area (Å²) in [5, 5.41) is 11.7. The van der Waals surface area contributed by atoms with Crippen LogP contribution in [0, 0.1) is 11.3 Å². The van der Waals surface area contributed by atoms with Crippen molar-refractivity contribution in [2.75, 3.05) is 5.32 Å². The SMILES string of the molecule is CC(C)Oc1ccc(NC(=O)OC(C)(C)C)cc1C#N. The summed E-state index contributed by atoms with van der Waals surface area (Å²) in [6, 6.07) is 6.93. The maximum absolute atomic E-state index is 11.6. The lowest BCUT2D eigenvalue weighted by molar-refractivity contribution is 0.0636. The van der Waals surface area contributed by atoms with E-state index in [0.717, 1.165) is 0 Å². The first-order chi connectivity index (χ1) is 9.21. The van der Waals surface area contributed by atoms with Crippen LogP contribution in [-0.4, -0.2) is 17.8 Å². The zero-order valence-electron chi connectivity index (χ0n) is 12.5. The van der Waals surface area contributed by atoms with E-state index in [4.69, 9.17) is 14.7 Å². The first-order valence-electron chi connectivity index (χ1n) is 6.42. The number of anilines is 1. The van der Waals surface area contributed by atoms with Crippen molar-refractivity contribution in [3.63, 3.8) is 0 Å². The molecule has 0 heterocycles. The standard InChI is InChI=1S/C15H20N2O3/c1-10(2)19-13-7-6-12(8-11(13)9-16)17-14(18)20-15(3,4)5/h6-8,10H,1-5H3,(H,17,18). The van der Waals surface area contributed by atoms with E-state index in [1.54, 1.807) is 39.0 Å². The lowest BCUT2D eigenvalue weighted by Gasteiger charge is -2.20. The smallest absolute Gasteiger partial charge is 0.412 e. The van der Waals surface area contributed by atoms with Crippen LogP contribution >= 0.6 is 0 Å². The van der Waals surface area contributed by atoms with Crippen LogP contribution in [0.15, 0.2) is 18.2 Å². The Bertz CT molecular complexity index is 525. The molecule has 1 N–H and O–H groups in total. The van der Waals surface area contributed by atoms with Crippen LogP contribution in [0.25, 0.3) is 0 Å². The molecule has 0 saturated carbocycles. The second-order valence-corrected chi connectivity index (χ2v) is 5.62. The molecule has 0 unspecified atom stereocenters. The van der Waals surface area contributed by atoms with E-state index in [1.165, 1.54) is 0 Å². The molecule has 5 nitrogen and oxygen atoms in total. The highest BCUT2D eigenvalue weighted by atomic mass is 16.6. The van der Waals surface area contributed by atoms with Crippen LogP contribution in [0.2, 0.25) is 0 Å². The molecule has 1 rings (SSSR count). The molecular weight excluding hydrogens is 256 g/mol. The van der Waals surface area contributed by atoms with Gasteiger partial charge in [-0.2, -0.15) is 5.26 Å². The normalized spacial score (nSPS) is 10.8. The monoisotopic (exact) mass is 276 g/mol. The molecule has 0 aliphatic carbocycles. The summed E-state index contributed by atoms with van der Waals surface area (Å²) in [6.07, 6.45) is -0.578. The van der Waals surface area contributed by atoms with Crippen LogP contribution in [-0.2, 0) is 4.74 Å². The molecule has 0 aliphatic rings. The first kappa shape index (κ1) is 15.8. The van der Waals surface area contributed by atoms with Crippen molar-refractivity contribution in [3.05, 3.63) is 23.8 Å². The van der Waals surface area contributed by atoms with Gasteiger partial charge in [0.05, 0.1) is 11.7 Å². The van der Waals surface area contributed by atoms with E-state index >= 15 is 0 Å². The number of rotatable bonds is 3. The van der Waals surface area contributed by atoms with Gasteiger partial charge in [0.25, 0.3) is 0 Å². The number of hydrogen-bond donors (Lipinski definition) is 1. The zero-order chi connectivity index (χ0) is 15.3. The summed E-state index contributed by atoms with van der Waals surface area (Å²) in [6.45, 7) is 9.12. The Labute approximate surface area is 119 Å². The third-order valence-electron chi connectivity index (χ3n) is 2.11. The average Bonchev–Trinajstić information content (AvgIpc) is 2.27. The molecule has 0 saturated heterocycles. The van der Waals surface area contributed by atoms with Crippen molar-refractivity contribution in [1.82, 2.24) is 0 Å². The van der Waals surface area contributed by atoms with E-state index in [-0.39, 0.29) is 6.10 Å². The lowest BCUT2D eigenvalue weighted by atomic mass is 10.2. The number of carbonyl (C=O) groups excluding carboxylic acids is 1. The maximum Gasteiger partial charge on any atom is 0.412 e. The highest BCUT2D eigenvalue weighted by Crippen LogP contribution is 2.23. The Morgan fingerprint density at radius 3 is 2.50 bits per heavy atom. The Morgan fingerprint density at radius 1 is 1.35 bits per heavy atom.